The number of nitrogens with zero attached hydrogens (tertiary/aromatic N) is 2. The molecule has 0 aliphatic heterocycles. The zero-order valence-electron chi connectivity index (χ0n) is 5.61. The van der Waals surface area contributed by atoms with Crippen molar-refractivity contribution in [1.82, 2.24) is 5.01 Å². The maximum absolute atomic E-state index is 10.00. The number of guanidine groups is 1. The van der Waals surface area contributed by atoms with Crippen molar-refractivity contribution in [3.8, 4) is 0 Å². The highest BCUT2D eigenvalue weighted by Crippen LogP contribution is 1.75. The van der Waals surface area contributed by atoms with Gasteiger partial charge in [-0.15, -0.1) is 0 Å². The minimum Gasteiger partial charge on any atom is -0.480 e. The van der Waals surface area contributed by atoms with Crippen LogP contribution in [0.4, 0.5) is 0 Å². The van der Waals surface area contributed by atoms with E-state index in [2.05, 4.69) is 4.99 Å². The summed E-state index contributed by atoms with van der Waals surface area (Å²) in [5.41, 5.74) is 5.15. The third kappa shape index (κ3) is 2.88. The summed E-state index contributed by atoms with van der Waals surface area (Å²) in [6, 6.07) is 0. The summed E-state index contributed by atoms with van der Waals surface area (Å²) in [6.45, 7) is -0.344. The topological polar surface area (TPSA) is 105 Å². The van der Waals surface area contributed by atoms with Gasteiger partial charge in [-0.05, 0) is 0 Å². The van der Waals surface area contributed by atoms with Crippen LogP contribution in [0.1, 0.15) is 0 Å². The average molecular weight is 146 g/mol. The molecule has 0 bridgehead atoms. The van der Waals surface area contributed by atoms with Gasteiger partial charge < -0.3 is 10.8 Å². The van der Waals surface area contributed by atoms with Gasteiger partial charge in [0.05, 0.1) is 0 Å². The van der Waals surface area contributed by atoms with E-state index < -0.39 is 5.97 Å². The van der Waals surface area contributed by atoms with E-state index in [1.54, 1.807) is 0 Å². The Morgan fingerprint density at radius 1 is 1.80 bits per heavy atom. The van der Waals surface area contributed by atoms with E-state index in [0.717, 1.165) is 5.01 Å². The molecule has 0 aliphatic rings. The Bertz CT molecular complexity index is 155. The van der Waals surface area contributed by atoms with Crippen molar-refractivity contribution in [2.45, 2.75) is 0 Å². The molecule has 0 aromatic carbocycles. The molecule has 5 N–H and O–H groups in total. The summed E-state index contributed by atoms with van der Waals surface area (Å²) in [6.07, 6.45) is 0. The second-order valence-corrected chi connectivity index (χ2v) is 1.60. The number of aliphatic carboxylic acids is 1. The van der Waals surface area contributed by atoms with E-state index in [4.69, 9.17) is 16.7 Å². The fraction of sp³-hybridized carbons (Fsp3) is 0.500. The maximum atomic E-state index is 10.00. The van der Waals surface area contributed by atoms with Crippen molar-refractivity contribution in [1.29, 1.82) is 0 Å². The number of carbonyl (C=O) groups is 1. The summed E-state index contributed by atoms with van der Waals surface area (Å²) < 4.78 is 0. The van der Waals surface area contributed by atoms with Crippen LogP contribution in [0.5, 0.6) is 0 Å². The molecule has 0 fully saturated rings. The Morgan fingerprint density at radius 2 is 2.30 bits per heavy atom. The molecule has 0 spiro atoms. The Hall–Kier alpha value is -1.30. The number of aliphatic imine (C=N–C) groups is 1. The third-order valence-electron chi connectivity index (χ3n) is 0.829. The zero-order valence-corrected chi connectivity index (χ0v) is 5.61. The minimum absolute atomic E-state index is 0.00222. The summed E-state index contributed by atoms with van der Waals surface area (Å²) in [5, 5.41) is 9.05. The molecule has 0 rings (SSSR count). The van der Waals surface area contributed by atoms with E-state index in [1.165, 1.54) is 7.05 Å². The van der Waals surface area contributed by atoms with Crippen LogP contribution in [-0.4, -0.2) is 35.6 Å². The van der Waals surface area contributed by atoms with Gasteiger partial charge in [0.15, 0.2) is 0 Å². The number of nitrogens with two attached hydrogens (primary N) is 2. The van der Waals surface area contributed by atoms with Crippen LogP contribution < -0.4 is 11.6 Å². The van der Waals surface area contributed by atoms with Crippen LogP contribution in [0.2, 0.25) is 0 Å². The van der Waals surface area contributed by atoms with Gasteiger partial charge >= 0.3 is 5.97 Å². The van der Waals surface area contributed by atoms with Crippen molar-refractivity contribution in [2.24, 2.45) is 16.6 Å². The third-order valence-corrected chi connectivity index (χ3v) is 0.829. The highest BCUT2D eigenvalue weighted by Gasteiger charge is 2.05. The molecule has 6 nitrogen and oxygen atoms in total. The molecular formula is C4H10N4O2. The van der Waals surface area contributed by atoms with Crippen molar-refractivity contribution in [2.75, 3.05) is 13.6 Å². The number of carboxylic acids is 1. The quantitative estimate of drug-likeness (QED) is 0.184. The normalized spacial score (nSPS) is 11.2. The molecule has 0 aliphatic carbocycles. The van der Waals surface area contributed by atoms with Crippen molar-refractivity contribution in [3.05, 3.63) is 0 Å². The molecule has 0 heterocycles. The molecule has 10 heavy (non-hydrogen) atoms. The molecule has 0 aromatic rings. The lowest BCUT2D eigenvalue weighted by Gasteiger charge is -2.13. The first-order valence-corrected chi connectivity index (χ1v) is 2.54. The molecule has 0 saturated carbocycles. The van der Waals surface area contributed by atoms with Crippen LogP contribution >= 0.6 is 0 Å². The van der Waals surface area contributed by atoms with Gasteiger partial charge in [-0.2, -0.15) is 0 Å². The number of carboxylic acid groups (broad SMARTS) is 1. The second kappa shape index (κ2) is 3.67. The van der Waals surface area contributed by atoms with E-state index >= 15 is 0 Å². The lowest BCUT2D eigenvalue weighted by molar-refractivity contribution is -0.137. The minimum atomic E-state index is -1.05. The maximum Gasteiger partial charge on any atom is 0.324 e. The molecule has 0 unspecified atom stereocenters. The number of hydrogen-bond donors (Lipinski definition) is 3. The molecule has 0 amide bonds. The first kappa shape index (κ1) is 8.70. The van der Waals surface area contributed by atoms with Crippen LogP contribution in [0, 0.1) is 0 Å². The monoisotopic (exact) mass is 146 g/mol. The standard InChI is InChI=1S/C4H10N4O2/c1-7-4(5)8(6)2-3(9)10/h2,6H2,1H3,(H2,5,7)(H,9,10). The lowest BCUT2D eigenvalue weighted by Crippen LogP contribution is -2.45. The molecule has 0 radical (unpaired) electrons. The van der Waals surface area contributed by atoms with Crippen molar-refractivity contribution < 1.29 is 9.90 Å². The van der Waals surface area contributed by atoms with E-state index in [9.17, 15) is 4.79 Å². The second-order valence-electron chi connectivity index (χ2n) is 1.60. The van der Waals surface area contributed by atoms with Gasteiger partial charge in [0, 0.05) is 7.05 Å². The van der Waals surface area contributed by atoms with Crippen molar-refractivity contribution >= 4 is 11.9 Å². The van der Waals surface area contributed by atoms with Gasteiger partial charge in [-0.3, -0.25) is 14.8 Å². The number of hydrazine groups is 1. The van der Waals surface area contributed by atoms with Gasteiger partial charge in [0.1, 0.15) is 6.54 Å². The number of rotatable bonds is 2. The van der Waals surface area contributed by atoms with Crippen LogP contribution in [0.3, 0.4) is 0 Å². The fourth-order valence-electron chi connectivity index (χ4n) is 0.355. The Morgan fingerprint density at radius 3 is 2.60 bits per heavy atom. The van der Waals surface area contributed by atoms with Gasteiger partial charge in [-0.25, -0.2) is 5.84 Å². The highest BCUT2D eigenvalue weighted by atomic mass is 16.4. The summed E-state index contributed by atoms with van der Waals surface area (Å²) in [5.74, 6) is 4.08. The van der Waals surface area contributed by atoms with Gasteiger partial charge in [0.2, 0.25) is 5.96 Å². The molecule has 0 aromatic heterocycles. The van der Waals surface area contributed by atoms with Crippen LogP contribution in [0.25, 0.3) is 0 Å². The fourth-order valence-corrected chi connectivity index (χ4v) is 0.355. The van der Waals surface area contributed by atoms with Crippen LogP contribution in [-0.2, 0) is 4.79 Å². The van der Waals surface area contributed by atoms with Crippen molar-refractivity contribution in [3.63, 3.8) is 0 Å². The molecule has 58 valence electrons. The SMILES string of the molecule is C/N=C(\N)N(N)CC(=O)O. The molecule has 0 atom stereocenters. The van der Waals surface area contributed by atoms with Gasteiger partial charge in [0.25, 0.3) is 0 Å². The van der Waals surface area contributed by atoms with Crippen LogP contribution in [0.15, 0.2) is 4.99 Å². The lowest BCUT2D eigenvalue weighted by atomic mass is 10.6. The largest absolute Gasteiger partial charge is 0.480 e. The van der Waals surface area contributed by atoms with E-state index in [0.29, 0.717) is 0 Å². The Balaban J connectivity index is 3.85. The molecular weight excluding hydrogens is 136 g/mol. The predicted octanol–water partition coefficient (Wildman–Crippen LogP) is -1.81. The highest BCUT2D eigenvalue weighted by molar-refractivity contribution is 5.81. The van der Waals surface area contributed by atoms with E-state index in [-0.39, 0.29) is 12.5 Å². The zero-order chi connectivity index (χ0) is 8.15. The first-order valence-electron chi connectivity index (χ1n) is 2.54. The summed E-state index contributed by atoms with van der Waals surface area (Å²) in [7, 11) is 1.43. The Labute approximate surface area is 58.1 Å². The average Bonchev–Trinajstić information content (AvgIpc) is 1.85. The summed E-state index contributed by atoms with van der Waals surface area (Å²) in [4.78, 5) is 13.5. The first-order chi connectivity index (χ1) is 4.57. The van der Waals surface area contributed by atoms with E-state index in [1.807, 2.05) is 0 Å². The Kier molecular flexibility index (Phi) is 3.20. The molecule has 0 saturated heterocycles. The summed E-state index contributed by atoms with van der Waals surface area (Å²) >= 11 is 0. The smallest absolute Gasteiger partial charge is 0.324 e. The van der Waals surface area contributed by atoms with Gasteiger partial charge in [-0.1, -0.05) is 0 Å². The number of hydrogen-bond acceptors (Lipinski definition) is 3. The molecule has 6 heteroatoms. The predicted molar refractivity (Wildman–Crippen MR) is 36.1 cm³/mol.